The monoisotopic (exact) mass is 217 g/mol. The average Bonchev–Trinajstić information content (AvgIpc) is 2.78. The van der Waals surface area contributed by atoms with Gasteiger partial charge in [0.25, 0.3) is 5.91 Å². The summed E-state index contributed by atoms with van der Waals surface area (Å²) in [5, 5.41) is 6.59. The fraction of sp³-hybridized carbons (Fsp3) is 0.200. The third-order valence-corrected chi connectivity index (χ3v) is 2.03. The summed E-state index contributed by atoms with van der Waals surface area (Å²) in [6, 6.07) is 3.57. The van der Waals surface area contributed by atoms with Crippen LogP contribution in [0.15, 0.2) is 24.5 Å². The number of carbonyl (C=O) groups excluding carboxylic acids is 1. The summed E-state index contributed by atoms with van der Waals surface area (Å²) in [5.41, 5.74) is 0.823. The Morgan fingerprint density at radius 3 is 2.62 bits per heavy atom. The summed E-state index contributed by atoms with van der Waals surface area (Å²) in [7, 11) is 3.33. The van der Waals surface area contributed by atoms with Crippen LogP contribution in [0.4, 0.5) is 0 Å². The Labute approximate surface area is 92.3 Å². The number of aromatic amines is 1. The summed E-state index contributed by atoms with van der Waals surface area (Å²) in [6.45, 7) is 0. The maximum Gasteiger partial charge on any atom is 0.290 e. The first-order valence-electron chi connectivity index (χ1n) is 4.73. The number of amides is 1. The van der Waals surface area contributed by atoms with Crippen LogP contribution >= 0.6 is 0 Å². The number of pyridine rings is 1. The number of aromatic nitrogens is 4. The number of nitrogens with zero attached hydrogens (tertiary/aromatic N) is 4. The van der Waals surface area contributed by atoms with Crippen molar-refractivity contribution in [1.82, 2.24) is 25.1 Å². The Balaban J connectivity index is 2.30. The van der Waals surface area contributed by atoms with Crippen molar-refractivity contribution in [2.45, 2.75) is 0 Å². The molecule has 6 heteroatoms. The van der Waals surface area contributed by atoms with E-state index in [4.69, 9.17) is 0 Å². The lowest BCUT2D eigenvalue weighted by molar-refractivity contribution is 0.0816. The molecule has 0 saturated carbocycles. The first-order valence-corrected chi connectivity index (χ1v) is 4.73. The van der Waals surface area contributed by atoms with Crippen molar-refractivity contribution >= 4 is 5.91 Å². The van der Waals surface area contributed by atoms with Gasteiger partial charge in [-0.15, -0.1) is 0 Å². The van der Waals surface area contributed by atoms with Crippen LogP contribution < -0.4 is 0 Å². The molecule has 0 bridgehead atoms. The molecule has 2 aromatic rings. The summed E-state index contributed by atoms with van der Waals surface area (Å²) in [6.07, 6.45) is 3.30. The Morgan fingerprint density at radius 1 is 1.31 bits per heavy atom. The van der Waals surface area contributed by atoms with Gasteiger partial charge in [0.05, 0.1) is 0 Å². The van der Waals surface area contributed by atoms with Gasteiger partial charge < -0.3 is 4.90 Å². The van der Waals surface area contributed by atoms with Gasteiger partial charge in [-0.05, 0) is 12.1 Å². The molecule has 0 aromatic carbocycles. The molecule has 16 heavy (non-hydrogen) atoms. The molecule has 0 atom stereocenters. The molecule has 1 N–H and O–H groups in total. The average molecular weight is 217 g/mol. The highest BCUT2D eigenvalue weighted by Gasteiger charge is 2.14. The van der Waals surface area contributed by atoms with Crippen molar-refractivity contribution in [2.24, 2.45) is 0 Å². The molecular weight excluding hydrogens is 206 g/mol. The molecule has 1 amide bonds. The summed E-state index contributed by atoms with van der Waals surface area (Å²) in [5.74, 6) is 0.525. The van der Waals surface area contributed by atoms with Gasteiger partial charge in [-0.1, -0.05) is 0 Å². The molecule has 0 unspecified atom stereocenters. The lowest BCUT2D eigenvalue weighted by Gasteiger charge is -2.05. The number of rotatable bonds is 2. The maximum absolute atomic E-state index is 11.6. The zero-order valence-corrected chi connectivity index (χ0v) is 9.01. The van der Waals surface area contributed by atoms with Crippen LogP contribution in [-0.2, 0) is 0 Å². The van der Waals surface area contributed by atoms with Crippen LogP contribution in [0.25, 0.3) is 11.4 Å². The maximum atomic E-state index is 11.6. The predicted molar refractivity (Wildman–Crippen MR) is 57.6 cm³/mol. The molecule has 0 aliphatic heterocycles. The lowest BCUT2D eigenvalue weighted by Crippen LogP contribution is -2.22. The van der Waals surface area contributed by atoms with Gasteiger partial charge in [0.1, 0.15) is 0 Å². The number of H-pyrrole nitrogens is 1. The molecule has 2 rings (SSSR count). The highest BCUT2D eigenvalue weighted by Crippen LogP contribution is 2.12. The van der Waals surface area contributed by atoms with E-state index < -0.39 is 0 Å². The van der Waals surface area contributed by atoms with Crippen molar-refractivity contribution in [3.63, 3.8) is 0 Å². The Morgan fingerprint density at radius 2 is 2.00 bits per heavy atom. The normalized spacial score (nSPS) is 10.1. The smallest absolute Gasteiger partial charge is 0.290 e. The molecule has 0 aliphatic carbocycles. The second-order valence-electron chi connectivity index (χ2n) is 3.44. The van der Waals surface area contributed by atoms with Crippen molar-refractivity contribution in [1.29, 1.82) is 0 Å². The van der Waals surface area contributed by atoms with E-state index in [0.717, 1.165) is 5.56 Å². The third kappa shape index (κ3) is 1.90. The van der Waals surface area contributed by atoms with E-state index in [9.17, 15) is 4.79 Å². The van der Waals surface area contributed by atoms with E-state index in [-0.39, 0.29) is 11.7 Å². The van der Waals surface area contributed by atoms with Crippen molar-refractivity contribution in [3.05, 3.63) is 30.4 Å². The van der Waals surface area contributed by atoms with Gasteiger partial charge in [0.2, 0.25) is 5.82 Å². The van der Waals surface area contributed by atoms with E-state index in [0.29, 0.717) is 5.82 Å². The predicted octanol–water partition coefficient (Wildman–Crippen LogP) is 0.568. The van der Waals surface area contributed by atoms with E-state index in [2.05, 4.69) is 20.2 Å². The molecule has 0 radical (unpaired) electrons. The van der Waals surface area contributed by atoms with Gasteiger partial charge in [-0.3, -0.25) is 14.9 Å². The van der Waals surface area contributed by atoms with E-state index in [1.807, 2.05) is 0 Å². The quantitative estimate of drug-likeness (QED) is 0.797. The zero-order valence-electron chi connectivity index (χ0n) is 9.01. The van der Waals surface area contributed by atoms with Crippen LogP contribution in [0, 0.1) is 0 Å². The fourth-order valence-electron chi connectivity index (χ4n) is 1.20. The second-order valence-corrected chi connectivity index (χ2v) is 3.44. The highest BCUT2D eigenvalue weighted by atomic mass is 16.2. The molecular formula is C10H11N5O. The minimum Gasteiger partial charge on any atom is -0.342 e. The topological polar surface area (TPSA) is 74.8 Å². The Hall–Kier alpha value is -2.24. The van der Waals surface area contributed by atoms with Crippen LogP contribution in [0.5, 0.6) is 0 Å². The molecule has 2 heterocycles. The molecule has 2 aromatic heterocycles. The number of hydrogen-bond donors (Lipinski definition) is 1. The van der Waals surface area contributed by atoms with Gasteiger partial charge in [-0.25, -0.2) is 4.98 Å². The minimum absolute atomic E-state index is 0.201. The van der Waals surface area contributed by atoms with Crippen molar-refractivity contribution in [2.75, 3.05) is 14.1 Å². The first-order chi connectivity index (χ1) is 7.68. The molecule has 0 aliphatic rings. The van der Waals surface area contributed by atoms with Crippen LogP contribution in [0.1, 0.15) is 10.6 Å². The highest BCUT2D eigenvalue weighted by molar-refractivity contribution is 5.90. The molecule has 0 saturated heterocycles. The number of nitrogens with one attached hydrogen (secondary N) is 1. The number of carbonyl (C=O) groups is 1. The molecule has 82 valence electrons. The Bertz CT molecular complexity index is 491. The van der Waals surface area contributed by atoms with E-state index in [1.165, 1.54) is 4.90 Å². The largest absolute Gasteiger partial charge is 0.342 e. The number of hydrogen-bond acceptors (Lipinski definition) is 4. The van der Waals surface area contributed by atoms with Crippen LogP contribution in [0.2, 0.25) is 0 Å². The third-order valence-electron chi connectivity index (χ3n) is 2.03. The molecule has 0 fully saturated rings. The van der Waals surface area contributed by atoms with E-state index in [1.54, 1.807) is 38.6 Å². The standard InChI is InChI=1S/C10H11N5O/c1-15(2)10(16)9-12-8(13-14-9)7-3-5-11-6-4-7/h3-6H,1-2H3,(H,12,13,14). The minimum atomic E-state index is -0.201. The van der Waals surface area contributed by atoms with Crippen LogP contribution in [0.3, 0.4) is 0 Å². The molecule has 6 nitrogen and oxygen atoms in total. The van der Waals surface area contributed by atoms with E-state index >= 15 is 0 Å². The van der Waals surface area contributed by atoms with Crippen molar-refractivity contribution < 1.29 is 4.79 Å². The van der Waals surface area contributed by atoms with Gasteiger partial charge >= 0.3 is 0 Å². The van der Waals surface area contributed by atoms with Crippen LogP contribution in [-0.4, -0.2) is 45.1 Å². The van der Waals surface area contributed by atoms with Crippen molar-refractivity contribution in [3.8, 4) is 11.4 Å². The SMILES string of the molecule is CN(C)C(=O)c1nc(-c2ccncc2)n[nH]1. The first kappa shape index (κ1) is 10.3. The zero-order chi connectivity index (χ0) is 11.5. The summed E-state index contributed by atoms with van der Waals surface area (Å²) in [4.78, 5) is 21.0. The summed E-state index contributed by atoms with van der Waals surface area (Å²) >= 11 is 0. The lowest BCUT2D eigenvalue weighted by atomic mass is 10.2. The second kappa shape index (κ2) is 4.09. The van der Waals surface area contributed by atoms with Gasteiger partial charge in [0.15, 0.2) is 5.82 Å². The van der Waals surface area contributed by atoms with Gasteiger partial charge in [-0.2, -0.15) is 5.10 Å². The van der Waals surface area contributed by atoms with Gasteiger partial charge in [0, 0.05) is 32.1 Å². The molecule has 0 spiro atoms. The Kier molecular flexibility index (Phi) is 2.63. The fourth-order valence-corrected chi connectivity index (χ4v) is 1.20. The summed E-state index contributed by atoms with van der Waals surface area (Å²) < 4.78 is 0.